The summed E-state index contributed by atoms with van der Waals surface area (Å²) in [6, 6.07) is 0. The van der Waals surface area contributed by atoms with Gasteiger partial charge in [0.25, 0.3) is 0 Å². The monoisotopic (exact) mass is 379 g/mol. The van der Waals surface area contributed by atoms with Crippen LogP contribution < -0.4 is 5.73 Å². The summed E-state index contributed by atoms with van der Waals surface area (Å²) in [7, 11) is 0. The van der Waals surface area contributed by atoms with E-state index < -0.39 is 5.41 Å². The first-order valence-electron chi connectivity index (χ1n) is 9.16. The van der Waals surface area contributed by atoms with Crippen molar-refractivity contribution in [3.8, 4) is 0 Å². The van der Waals surface area contributed by atoms with Crippen LogP contribution in [0.25, 0.3) is 0 Å². The first-order chi connectivity index (χ1) is 12.3. The van der Waals surface area contributed by atoms with E-state index >= 15 is 0 Å². The van der Waals surface area contributed by atoms with Crippen LogP contribution in [0.4, 0.5) is 0 Å². The van der Waals surface area contributed by atoms with E-state index in [9.17, 15) is 9.59 Å². The smallest absolute Gasteiger partial charge is 0.307 e. The van der Waals surface area contributed by atoms with Crippen LogP contribution in [0.5, 0.6) is 0 Å². The van der Waals surface area contributed by atoms with Crippen LogP contribution in [0.1, 0.15) is 65.2 Å². The van der Waals surface area contributed by atoms with E-state index in [1.807, 2.05) is 13.8 Å². The molecule has 0 aliphatic rings. The van der Waals surface area contributed by atoms with Crippen LogP contribution in [0, 0.1) is 5.41 Å². The highest BCUT2D eigenvalue weighted by molar-refractivity contribution is 5.70. The molecule has 0 spiro atoms. The minimum atomic E-state index is -0.416. The van der Waals surface area contributed by atoms with Crippen molar-refractivity contribution in [2.75, 3.05) is 33.2 Å². The molecule has 8 heteroatoms. The lowest BCUT2D eigenvalue weighted by Crippen LogP contribution is -2.25. The Morgan fingerprint density at radius 2 is 1.27 bits per heavy atom. The lowest BCUT2D eigenvalue weighted by molar-refractivity contribution is -0.148. The van der Waals surface area contributed by atoms with E-state index in [1.165, 1.54) is 0 Å². The second-order valence-electron chi connectivity index (χ2n) is 6.73. The fourth-order valence-corrected chi connectivity index (χ4v) is 1.67. The number of ether oxygens (including phenoxy) is 2. The van der Waals surface area contributed by atoms with E-state index in [1.54, 1.807) is 0 Å². The van der Waals surface area contributed by atoms with Gasteiger partial charge in [-0.15, -0.1) is 0 Å². The van der Waals surface area contributed by atoms with Crippen LogP contribution in [-0.4, -0.2) is 60.4 Å². The molecule has 26 heavy (non-hydrogen) atoms. The van der Waals surface area contributed by atoms with Gasteiger partial charge >= 0.3 is 11.9 Å². The Hall–Kier alpha value is -1.22. The number of hydrogen-bond acceptors (Lipinski definition) is 8. The van der Waals surface area contributed by atoms with Crippen molar-refractivity contribution in [2.45, 2.75) is 65.2 Å². The van der Waals surface area contributed by atoms with Gasteiger partial charge in [0.2, 0.25) is 0 Å². The minimum absolute atomic E-state index is 0.0365. The molecule has 0 rings (SSSR count). The van der Waals surface area contributed by atoms with Crippen molar-refractivity contribution >= 4 is 11.9 Å². The molecule has 0 saturated heterocycles. The molecule has 0 atom stereocenters. The Balaban J connectivity index is 0. The van der Waals surface area contributed by atoms with E-state index in [0.717, 1.165) is 25.7 Å². The quantitative estimate of drug-likeness (QED) is 0.200. The second kappa shape index (κ2) is 18.6. The first kappa shape index (κ1) is 27.0. The summed E-state index contributed by atoms with van der Waals surface area (Å²) in [5, 5.41) is 25.6. The van der Waals surface area contributed by atoms with Crippen molar-refractivity contribution in [1.29, 1.82) is 0 Å². The molecule has 0 aromatic carbocycles. The third-order valence-electron chi connectivity index (χ3n) is 3.37. The van der Waals surface area contributed by atoms with Gasteiger partial charge in [0.1, 0.15) is 6.73 Å². The predicted molar refractivity (Wildman–Crippen MR) is 98.1 cm³/mol. The fraction of sp³-hybridized carbons (Fsp3) is 0.889. The lowest BCUT2D eigenvalue weighted by atomic mass is 9.97. The Morgan fingerprint density at radius 3 is 1.65 bits per heavy atom. The van der Waals surface area contributed by atoms with Crippen molar-refractivity contribution in [3.63, 3.8) is 0 Å². The van der Waals surface area contributed by atoms with E-state index in [0.29, 0.717) is 12.8 Å². The number of nitrogens with two attached hydrogens (primary N) is 1. The topological polar surface area (TPSA) is 139 Å². The zero-order chi connectivity index (χ0) is 20.3. The normalized spacial score (nSPS) is 10.7. The zero-order valence-corrected chi connectivity index (χ0v) is 16.2. The van der Waals surface area contributed by atoms with Crippen molar-refractivity contribution in [1.82, 2.24) is 0 Å². The maximum Gasteiger partial charge on any atom is 0.307 e. The lowest BCUT2D eigenvalue weighted by Gasteiger charge is -2.20. The van der Waals surface area contributed by atoms with Gasteiger partial charge in [-0.2, -0.15) is 0 Å². The number of unbranched alkanes of at least 4 members (excludes halogenated alkanes) is 4. The van der Waals surface area contributed by atoms with Gasteiger partial charge in [-0.3, -0.25) is 15.3 Å². The molecule has 0 unspecified atom stereocenters. The fourth-order valence-electron chi connectivity index (χ4n) is 1.67. The molecule has 5 N–H and O–H groups in total. The predicted octanol–water partition coefficient (Wildman–Crippen LogP) is 1.10. The summed E-state index contributed by atoms with van der Waals surface area (Å²) >= 11 is 0. The van der Waals surface area contributed by atoms with Gasteiger partial charge < -0.3 is 24.8 Å². The number of aliphatic hydroxyl groups excluding tert-OH is 3. The summed E-state index contributed by atoms with van der Waals surface area (Å²) in [5.41, 5.74) is 4.62. The molecule has 0 aromatic rings. The summed E-state index contributed by atoms with van der Waals surface area (Å²) in [5.74, 6) is -0.670. The Labute approximate surface area is 156 Å². The van der Waals surface area contributed by atoms with Gasteiger partial charge in [-0.1, -0.05) is 26.7 Å². The molecule has 0 heterocycles. The number of esters is 2. The molecule has 8 nitrogen and oxygen atoms in total. The summed E-state index contributed by atoms with van der Waals surface area (Å²) in [6.07, 6.45) is 5.48. The van der Waals surface area contributed by atoms with Gasteiger partial charge in [0, 0.05) is 31.5 Å². The first-order valence-corrected chi connectivity index (χ1v) is 9.16. The van der Waals surface area contributed by atoms with Gasteiger partial charge in [-0.25, -0.2) is 0 Å². The zero-order valence-electron chi connectivity index (χ0n) is 16.2. The SMILES string of the molecule is CC(C)(CO)COC(=O)CCCCC(=O)OCN.OCCCCCCO. The summed E-state index contributed by atoms with van der Waals surface area (Å²) in [4.78, 5) is 22.3. The molecule has 0 saturated carbocycles. The molecule has 0 aliphatic heterocycles. The maximum absolute atomic E-state index is 11.3. The van der Waals surface area contributed by atoms with Crippen LogP contribution >= 0.6 is 0 Å². The van der Waals surface area contributed by atoms with E-state index in [4.69, 9.17) is 25.8 Å². The molecule has 156 valence electrons. The number of hydrogen-bond donors (Lipinski definition) is 4. The number of aliphatic hydroxyl groups is 3. The van der Waals surface area contributed by atoms with Crippen LogP contribution in [0.3, 0.4) is 0 Å². The van der Waals surface area contributed by atoms with Gasteiger partial charge in [0.05, 0.1) is 13.2 Å². The molecule has 0 aliphatic carbocycles. The minimum Gasteiger partial charge on any atom is -0.465 e. The standard InChI is InChI=1S/C12H23NO5.C6H14O2/c1-12(2,7-14)8-17-10(15)5-3-4-6-11(16)18-9-13;7-5-3-1-2-4-6-8/h14H,3-9,13H2,1-2H3;7-8H,1-6H2. The maximum atomic E-state index is 11.3. The van der Waals surface area contributed by atoms with Crippen LogP contribution in [0.2, 0.25) is 0 Å². The molecule has 0 radical (unpaired) electrons. The molecule has 0 amide bonds. The average molecular weight is 379 g/mol. The highest BCUT2D eigenvalue weighted by Gasteiger charge is 2.18. The molecule has 0 bridgehead atoms. The highest BCUT2D eigenvalue weighted by atomic mass is 16.5. The van der Waals surface area contributed by atoms with E-state index in [2.05, 4.69) is 4.74 Å². The Morgan fingerprint density at radius 1 is 0.808 bits per heavy atom. The summed E-state index contributed by atoms with van der Waals surface area (Å²) < 4.78 is 9.57. The number of rotatable bonds is 14. The Bertz CT molecular complexity index is 342. The van der Waals surface area contributed by atoms with Gasteiger partial charge in [0.15, 0.2) is 0 Å². The third-order valence-corrected chi connectivity index (χ3v) is 3.37. The highest BCUT2D eigenvalue weighted by Crippen LogP contribution is 2.14. The Kier molecular flexibility index (Phi) is 19.3. The van der Waals surface area contributed by atoms with Crippen LogP contribution in [0.15, 0.2) is 0 Å². The van der Waals surface area contributed by atoms with Crippen molar-refractivity contribution < 1.29 is 34.4 Å². The average Bonchev–Trinajstić information content (AvgIpc) is 2.62. The molecule has 0 fully saturated rings. The molecule has 0 aromatic heterocycles. The molecular weight excluding hydrogens is 342 g/mol. The van der Waals surface area contributed by atoms with Crippen molar-refractivity contribution in [3.05, 3.63) is 0 Å². The number of carbonyl (C=O) groups excluding carboxylic acids is 2. The third kappa shape index (κ3) is 20.8. The molecular formula is C18H37NO7. The summed E-state index contributed by atoms with van der Waals surface area (Å²) in [6.45, 7) is 4.23. The van der Waals surface area contributed by atoms with Gasteiger partial charge in [-0.05, 0) is 25.7 Å². The number of carbonyl (C=O) groups is 2. The van der Waals surface area contributed by atoms with Crippen molar-refractivity contribution in [2.24, 2.45) is 11.1 Å². The largest absolute Gasteiger partial charge is 0.465 e. The van der Waals surface area contributed by atoms with E-state index in [-0.39, 0.29) is 57.9 Å². The van der Waals surface area contributed by atoms with Crippen LogP contribution in [-0.2, 0) is 19.1 Å². The second-order valence-corrected chi connectivity index (χ2v) is 6.73.